The highest BCUT2D eigenvalue weighted by molar-refractivity contribution is 5.43. The Bertz CT molecular complexity index is 736. The predicted octanol–water partition coefficient (Wildman–Crippen LogP) is 1.82. The lowest BCUT2D eigenvalue weighted by atomic mass is 10.2. The van der Waals surface area contributed by atoms with Gasteiger partial charge in [0, 0.05) is 39.0 Å². The van der Waals surface area contributed by atoms with Gasteiger partial charge < -0.3 is 9.32 Å². The lowest BCUT2D eigenvalue weighted by molar-refractivity contribution is 0.224. The molecule has 7 nitrogen and oxygen atoms in total. The fraction of sp³-hybridized carbons (Fsp3) is 0.625. The first-order chi connectivity index (χ1) is 11.6. The number of anilines is 1. The number of hydrogen-bond donors (Lipinski definition) is 0. The first-order valence-corrected chi connectivity index (χ1v) is 8.40. The Morgan fingerprint density at radius 2 is 1.83 bits per heavy atom. The number of halogens is 1. The van der Waals surface area contributed by atoms with Gasteiger partial charge in [-0.05, 0) is 19.8 Å². The molecule has 0 aromatic carbocycles. The van der Waals surface area contributed by atoms with Crippen molar-refractivity contribution in [3.05, 3.63) is 29.1 Å². The Labute approximate surface area is 139 Å². The molecule has 2 fully saturated rings. The SMILES string of the molecule is Cc1nnc(CN2CCN(c3nc(C4CC4)nc(C)c3F)CC2)o1. The molecule has 24 heavy (non-hydrogen) atoms. The third kappa shape index (κ3) is 3.10. The quantitative estimate of drug-likeness (QED) is 0.845. The Hall–Kier alpha value is -2.09. The van der Waals surface area contributed by atoms with Crippen LogP contribution < -0.4 is 4.90 Å². The highest BCUT2D eigenvalue weighted by Crippen LogP contribution is 2.39. The minimum atomic E-state index is -0.291. The fourth-order valence-corrected chi connectivity index (χ4v) is 3.01. The molecule has 0 amide bonds. The molecule has 2 aliphatic rings. The molecule has 0 atom stereocenters. The Kier molecular flexibility index (Phi) is 3.91. The van der Waals surface area contributed by atoms with E-state index >= 15 is 0 Å². The zero-order valence-electron chi connectivity index (χ0n) is 14.0. The maximum absolute atomic E-state index is 14.5. The third-order valence-corrected chi connectivity index (χ3v) is 4.56. The van der Waals surface area contributed by atoms with E-state index in [2.05, 4.69) is 25.1 Å². The van der Waals surface area contributed by atoms with E-state index in [1.807, 2.05) is 4.90 Å². The van der Waals surface area contributed by atoms with Gasteiger partial charge in [-0.1, -0.05) is 0 Å². The van der Waals surface area contributed by atoms with Gasteiger partial charge in [0.2, 0.25) is 11.8 Å². The van der Waals surface area contributed by atoms with E-state index in [-0.39, 0.29) is 5.82 Å². The Morgan fingerprint density at radius 3 is 2.46 bits per heavy atom. The monoisotopic (exact) mass is 332 g/mol. The van der Waals surface area contributed by atoms with Gasteiger partial charge >= 0.3 is 0 Å². The van der Waals surface area contributed by atoms with Gasteiger partial charge in [0.25, 0.3) is 0 Å². The van der Waals surface area contributed by atoms with Gasteiger partial charge in [0.1, 0.15) is 5.82 Å². The second-order valence-corrected chi connectivity index (χ2v) is 6.56. The summed E-state index contributed by atoms with van der Waals surface area (Å²) < 4.78 is 19.9. The second-order valence-electron chi connectivity index (χ2n) is 6.56. The van der Waals surface area contributed by atoms with Crippen LogP contribution in [0.4, 0.5) is 10.2 Å². The summed E-state index contributed by atoms with van der Waals surface area (Å²) in [6.07, 6.45) is 2.23. The standard InChI is InChI=1S/C16H21FN6O/c1-10-14(17)16(19-15(18-10)12-3-4-12)23-7-5-22(6-8-23)9-13-21-20-11(2)24-13/h12H,3-9H2,1-2H3. The summed E-state index contributed by atoms with van der Waals surface area (Å²) in [5.74, 6) is 2.59. The van der Waals surface area contributed by atoms with E-state index in [4.69, 9.17) is 4.42 Å². The lowest BCUT2D eigenvalue weighted by Crippen LogP contribution is -2.46. The van der Waals surface area contributed by atoms with Crippen LogP contribution in [0.25, 0.3) is 0 Å². The van der Waals surface area contributed by atoms with E-state index in [0.29, 0.717) is 35.8 Å². The fourth-order valence-electron chi connectivity index (χ4n) is 3.01. The van der Waals surface area contributed by atoms with Crippen LogP contribution in [0.5, 0.6) is 0 Å². The molecule has 0 spiro atoms. The van der Waals surface area contributed by atoms with Crippen molar-refractivity contribution in [1.82, 2.24) is 25.1 Å². The van der Waals surface area contributed by atoms with Crippen molar-refractivity contribution in [2.45, 2.75) is 39.2 Å². The van der Waals surface area contributed by atoms with E-state index in [9.17, 15) is 4.39 Å². The third-order valence-electron chi connectivity index (χ3n) is 4.56. The molecule has 4 rings (SSSR count). The molecule has 8 heteroatoms. The summed E-state index contributed by atoms with van der Waals surface area (Å²) in [5, 5.41) is 7.88. The van der Waals surface area contributed by atoms with E-state index in [1.165, 1.54) is 0 Å². The van der Waals surface area contributed by atoms with Crippen LogP contribution in [-0.2, 0) is 6.54 Å². The summed E-state index contributed by atoms with van der Waals surface area (Å²) in [5.41, 5.74) is 0.450. The number of aryl methyl sites for hydroxylation is 2. The van der Waals surface area contributed by atoms with Crippen LogP contribution in [0, 0.1) is 19.7 Å². The Balaban J connectivity index is 1.44. The first-order valence-electron chi connectivity index (χ1n) is 8.40. The maximum Gasteiger partial charge on any atom is 0.230 e. The number of piperazine rings is 1. The molecular weight excluding hydrogens is 311 g/mol. The topological polar surface area (TPSA) is 71.2 Å². The van der Waals surface area contributed by atoms with Gasteiger partial charge in [-0.2, -0.15) is 0 Å². The van der Waals surface area contributed by atoms with Crippen LogP contribution in [0.1, 0.15) is 42.1 Å². The molecule has 1 aliphatic carbocycles. The van der Waals surface area contributed by atoms with Crippen molar-refractivity contribution in [1.29, 1.82) is 0 Å². The number of nitrogens with zero attached hydrogens (tertiary/aromatic N) is 6. The molecule has 128 valence electrons. The molecule has 0 unspecified atom stereocenters. The summed E-state index contributed by atoms with van der Waals surface area (Å²) in [7, 11) is 0. The molecule has 3 heterocycles. The van der Waals surface area contributed by atoms with Gasteiger partial charge in [-0.3, -0.25) is 4.90 Å². The van der Waals surface area contributed by atoms with E-state index < -0.39 is 0 Å². The number of aromatic nitrogens is 4. The molecule has 0 bridgehead atoms. The van der Waals surface area contributed by atoms with Gasteiger partial charge in [-0.25, -0.2) is 14.4 Å². The van der Waals surface area contributed by atoms with Crippen LogP contribution in [0.15, 0.2) is 4.42 Å². The number of hydrogen-bond acceptors (Lipinski definition) is 7. The van der Waals surface area contributed by atoms with Crippen LogP contribution in [-0.4, -0.2) is 51.2 Å². The van der Waals surface area contributed by atoms with Gasteiger partial charge in [0.05, 0.1) is 12.2 Å². The number of rotatable bonds is 4. The zero-order chi connectivity index (χ0) is 16.7. The van der Waals surface area contributed by atoms with Crippen LogP contribution in [0.3, 0.4) is 0 Å². The van der Waals surface area contributed by atoms with Crippen molar-refractivity contribution >= 4 is 5.82 Å². The summed E-state index contributed by atoms with van der Waals surface area (Å²) in [6.45, 7) is 7.21. The van der Waals surface area contributed by atoms with E-state index in [1.54, 1.807) is 13.8 Å². The summed E-state index contributed by atoms with van der Waals surface area (Å²) >= 11 is 0. The minimum absolute atomic E-state index is 0.291. The average molecular weight is 332 g/mol. The zero-order valence-corrected chi connectivity index (χ0v) is 14.0. The summed E-state index contributed by atoms with van der Waals surface area (Å²) in [6, 6.07) is 0. The largest absolute Gasteiger partial charge is 0.424 e. The normalized spacial score (nSPS) is 19.0. The molecule has 0 N–H and O–H groups in total. The van der Waals surface area contributed by atoms with Crippen molar-refractivity contribution in [3.63, 3.8) is 0 Å². The highest BCUT2D eigenvalue weighted by Gasteiger charge is 2.30. The first kappa shape index (κ1) is 15.4. The van der Waals surface area contributed by atoms with E-state index in [0.717, 1.165) is 44.8 Å². The molecular formula is C16H21FN6O. The smallest absolute Gasteiger partial charge is 0.230 e. The van der Waals surface area contributed by atoms with Crippen molar-refractivity contribution in [2.75, 3.05) is 31.1 Å². The molecule has 1 saturated carbocycles. The van der Waals surface area contributed by atoms with Crippen LogP contribution in [0.2, 0.25) is 0 Å². The molecule has 2 aromatic heterocycles. The summed E-state index contributed by atoms with van der Waals surface area (Å²) in [4.78, 5) is 13.1. The molecule has 0 radical (unpaired) electrons. The van der Waals surface area contributed by atoms with Crippen LogP contribution >= 0.6 is 0 Å². The minimum Gasteiger partial charge on any atom is -0.424 e. The molecule has 1 saturated heterocycles. The molecule has 2 aromatic rings. The van der Waals surface area contributed by atoms with Gasteiger partial charge in [0.15, 0.2) is 11.6 Å². The second kappa shape index (κ2) is 6.08. The molecule has 1 aliphatic heterocycles. The van der Waals surface area contributed by atoms with Gasteiger partial charge in [-0.15, -0.1) is 10.2 Å². The average Bonchev–Trinajstić information content (AvgIpc) is 3.34. The Morgan fingerprint density at radius 1 is 1.08 bits per heavy atom. The lowest BCUT2D eigenvalue weighted by Gasteiger charge is -2.35. The highest BCUT2D eigenvalue weighted by atomic mass is 19.1. The van der Waals surface area contributed by atoms with Crippen molar-refractivity contribution in [2.24, 2.45) is 0 Å². The van der Waals surface area contributed by atoms with Crippen molar-refractivity contribution in [3.8, 4) is 0 Å². The predicted molar refractivity (Wildman–Crippen MR) is 85.2 cm³/mol. The maximum atomic E-state index is 14.5. The van der Waals surface area contributed by atoms with Crippen molar-refractivity contribution < 1.29 is 8.81 Å².